The lowest BCUT2D eigenvalue weighted by molar-refractivity contribution is 0.402. The molecule has 1 aromatic rings. The molecule has 0 aromatic heterocycles. The normalized spacial score (nSPS) is 17.5. The van der Waals surface area contributed by atoms with Crippen molar-refractivity contribution in [3.05, 3.63) is 35.4 Å². The zero-order valence-corrected chi connectivity index (χ0v) is 14.0. The van der Waals surface area contributed by atoms with Crippen molar-refractivity contribution in [2.45, 2.75) is 57.7 Å². The van der Waals surface area contributed by atoms with Gasteiger partial charge in [-0.1, -0.05) is 49.9 Å². The van der Waals surface area contributed by atoms with Gasteiger partial charge in [-0.05, 0) is 38.1 Å². The zero-order chi connectivity index (χ0) is 15.8. The van der Waals surface area contributed by atoms with Crippen LogP contribution in [-0.2, 0) is 13.1 Å². The fourth-order valence-corrected chi connectivity index (χ4v) is 2.97. The summed E-state index contributed by atoms with van der Waals surface area (Å²) in [7, 11) is 4.16. The number of aliphatic imine (C=N–C) groups is 1. The second-order valence-corrected chi connectivity index (χ2v) is 6.59. The molecule has 22 heavy (non-hydrogen) atoms. The van der Waals surface area contributed by atoms with Crippen LogP contribution in [0, 0.1) is 0 Å². The Hall–Kier alpha value is -1.55. The van der Waals surface area contributed by atoms with Gasteiger partial charge in [0, 0.05) is 12.6 Å². The number of nitrogens with two attached hydrogens (primary N) is 1. The van der Waals surface area contributed by atoms with Crippen LogP contribution >= 0.6 is 0 Å². The Morgan fingerprint density at radius 1 is 1.09 bits per heavy atom. The minimum absolute atomic E-state index is 0.508. The van der Waals surface area contributed by atoms with Gasteiger partial charge in [0.25, 0.3) is 0 Å². The third-order valence-corrected chi connectivity index (χ3v) is 4.16. The van der Waals surface area contributed by atoms with Crippen molar-refractivity contribution in [1.29, 1.82) is 0 Å². The van der Waals surface area contributed by atoms with Crippen LogP contribution in [0.3, 0.4) is 0 Å². The fraction of sp³-hybridized carbons (Fsp3) is 0.611. The molecule has 0 saturated heterocycles. The van der Waals surface area contributed by atoms with Crippen molar-refractivity contribution in [3.63, 3.8) is 0 Å². The van der Waals surface area contributed by atoms with Gasteiger partial charge in [0.05, 0.1) is 6.54 Å². The van der Waals surface area contributed by atoms with Gasteiger partial charge in [0.1, 0.15) is 0 Å². The summed E-state index contributed by atoms with van der Waals surface area (Å²) in [6.45, 7) is 1.61. The van der Waals surface area contributed by atoms with Crippen molar-refractivity contribution in [2.24, 2.45) is 10.7 Å². The van der Waals surface area contributed by atoms with E-state index in [0.29, 0.717) is 18.5 Å². The average Bonchev–Trinajstić information content (AvgIpc) is 2.74. The summed E-state index contributed by atoms with van der Waals surface area (Å²) in [5, 5.41) is 3.39. The van der Waals surface area contributed by atoms with E-state index in [1.807, 2.05) is 0 Å². The third kappa shape index (κ3) is 6.06. The molecule has 1 aliphatic rings. The number of hydrogen-bond acceptors (Lipinski definition) is 2. The first-order chi connectivity index (χ1) is 10.6. The second kappa shape index (κ2) is 8.79. The minimum Gasteiger partial charge on any atom is -0.370 e. The lowest BCUT2D eigenvalue weighted by atomic mass is 10.1. The van der Waals surface area contributed by atoms with Gasteiger partial charge in [-0.2, -0.15) is 0 Å². The molecule has 1 aliphatic carbocycles. The van der Waals surface area contributed by atoms with Crippen molar-refractivity contribution in [2.75, 3.05) is 14.1 Å². The van der Waals surface area contributed by atoms with Crippen molar-refractivity contribution >= 4 is 5.96 Å². The number of hydrogen-bond donors (Lipinski definition) is 2. The highest BCUT2D eigenvalue weighted by atomic mass is 15.1. The van der Waals surface area contributed by atoms with E-state index in [1.165, 1.54) is 49.7 Å². The van der Waals surface area contributed by atoms with E-state index in [4.69, 9.17) is 5.73 Å². The monoisotopic (exact) mass is 302 g/mol. The Labute approximate surface area is 134 Å². The SMILES string of the molecule is CN(C)Cc1ccc(CN=C(N)NC2CCCCCC2)cc1. The Morgan fingerprint density at radius 2 is 1.68 bits per heavy atom. The van der Waals surface area contributed by atoms with Gasteiger partial charge in [-0.3, -0.25) is 0 Å². The summed E-state index contributed by atoms with van der Waals surface area (Å²) in [5.74, 6) is 0.587. The molecule has 0 radical (unpaired) electrons. The van der Waals surface area contributed by atoms with E-state index >= 15 is 0 Å². The van der Waals surface area contributed by atoms with Crippen LogP contribution in [0.4, 0.5) is 0 Å². The summed E-state index contributed by atoms with van der Waals surface area (Å²) in [6, 6.07) is 9.12. The molecule has 0 aliphatic heterocycles. The highest BCUT2D eigenvalue weighted by molar-refractivity contribution is 5.78. The molecule has 3 N–H and O–H groups in total. The predicted octanol–water partition coefficient (Wildman–Crippen LogP) is 2.88. The molecule has 2 rings (SSSR count). The van der Waals surface area contributed by atoms with Gasteiger partial charge < -0.3 is 16.0 Å². The molecule has 0 unspecified atom stereocenters. The van der Waals surface area contributed by atoms with E-state index in [2.05, 4.69) is 53.6 Å². The van der Waals surface area contributed by atoms with E-state index in [1.54, 1.807) is 0 Å². The molecule has 0 amide bonds. The molecule has 0 spiro atoms. The quantitative estimate of drug-likeness (QED) is 0.499. The van der Waals surface area contributed by atoms with E-state index < -0.39 is 0 Å². The Balaban J connectivity index is 1.81. The Kier molecular flexibility index (Phi) is 6.72. The fourth-order valence-electron chi connectivity index (χ4n) is 2.97. The van der Waals surface area contributed by atoms with Crippen LogP contribution in [0.1, 0.15) is 49.7 Å². The number of benzene rings is 1. The van der Waals surface area contributed by atoms with Crippen LogP contribution in [0.5, 0.6) is 0 Å². The van der Waals surface area contributed by atoms with E-state index in [-0.39, 0.29) is 0 Å². The molecule has 4 heteroatoms. The van der Waals surface area contributed by atoms with Crippen molar-refractivity contribution < 1.29 is 0 Å². The molecule has 1 aromatic carbocycles. The van der Waals surface area contributed by atoms with E-state index in [9.17, 15) is 0 Å². The maximum atomic E-state index is 6.03. The van der Waals surface area contributed by atoms with Gasteiger partial charge in [0.2, 0.25) is 0 Å². The van der Waals surface area contributed by atoms with Crippen LogP contribution in [0.15, 0.2) is 29.3 Å². The summed E-state index contributed by atoms with van der Waals surface area (Å²) < 4.78 is 0. The predicted molar refractivity (Wildman–Crippen MR) is 93.8 cm³/mol. The summed E-state index contributed by atoms with van der Waals surface area (Å²) in [6.07, 6.45) is 7.75. The lowest BCUT2D eigenvalue weighted by Crippen LogP contribution is -2.39. The number of nitrogens with zero attached hydrogens (tertiary/aromatic N) is 2. The van der Waals surface area contributed by atoms with Crippen LogP contribution in [0.2, 0.25) is 0 Å². The molecule has 4 nitrogen and oxygen atoms in total. The van der Waals surface area contributed by atoms with Crippen LogP contribution in [-0.4, -0.2) is 31.0 Å². The van der Waals surface area contributed by atoms with E-state index in [0.717, 1.165) is 6.54 Å². The summed E-state index contributed by atoms with van der Waals surface area (Å²) in [4.78, 5) is 6.65. The molecule has 0 atom stereocenters. The Bertz CT molecular complexity index is 456. The molecular weight excluding hydrogens is 272 g/mol. The minimum atomic E-state index is 0.508. The molecular formula is C18H30N4. The smallest absolute Gasteiger partial charge is 0.189 e. The first-order valence-electron chi connectivity index (χ1n) is 8.42. The van der Waals surface area contributed by atoms with Crippen LogP contribution < -0.4 is 11.1 Å². The molecule has 122 valence electrons. The molecule has 0 bridgehead atoms. The van der Waals surface area contributed by atoms with Crippen molar-refractivity contribution in [1.82, 2.24) is 10.2 Å². The first-order valence-corrected chi connectivity index (χ1v) is 8.42. The highest BCUT2D eigenvalue weighted by Gasteiger charge is 2.12. The van der Waals surface area contributed by atoms with Crippen LogP contribution in [0.25, 0.3) is 0 Å². The molecule has 0 heterocycles. The Morgan fingerprint density at radius 3 is 2.27 bits per heavy atom. The standard InChI is InChI=1S/C18H30N4/c1-22(2)14-16-11-9-15(10-12-16)13-20-18(19)21-17-7-5-3-4-6-8-17/h9-12,17H,3-8,13-14H2,1-2H3,(H3,19,20,21). The number of rotatable bonds is 5. The summed E-state index contributed by atoms with van der Waals surface area (Å²) >= 11 is 0. The molecule has 1 fully saturated rings. The highest BCUT2D eigenvalue weighted by Crippen LogP contribution is 2.17. The third-order valence-electron chi connectivity index (χ3n) is 4.16. The summed E-state index contributed by atoms with van der Waals surface area (Å²) in [5.41, 5.74) is 8.55. The average molecular weight is 302 g/mol. The van der Waals surface area contributed by atoms with Gasteiger partial charge >= 0.3 is 0 Å². The number of guanidine groups is 1. The topological polar surface area (TPSA) is 53.6 Å². The maximum absolute atomic E-state index is 6.03. The number of nitrogens with one attached hydrogen (secondary N) is 1. The van der Waals surface area contributed by atoms with Gasteiger partial charge in [0.15, 0.2) is 5.96 Å². The second-order valence-electron chi connectivity index (χ2n) is 6.59. The van der Waals surface area contributed by atoms with Crippen molar-refractivity contribution in [3.8, 4) is 0 Å². The lowest BCUT2D eigenvalue weighted by Gasteiger charge is -2.16. The largest absolute Gasteiger partial charge is 0.370 e. The first kappa shape index (κ1) is 16.8. The maximum Gasteiger partial charge on any atom is 0.189 e. The van der Waals surface area contributed by atoms with Gasteiger partial charge in [-0.15, -0.1) is 0 Å². The molecule has 1 saturated carbocycles. The van der Waals surface area contributed by atoms with Gasteiger partial charge in [-0.25, -0.2) is 4.99 Å². The zero-order valence-electron chi connectivity index (χ0n) is 14.0.